The van der Waals surface area contributed by atoms with Gasteiger partial charge in [0.05, 0.1) is 6.20 Å². The zero-order chi connectivity index (χ0) is 10.3. The van der Waals surface area contributed by atoms with Crippen LogP contribution in [0, 0.1) is 5.92 Å². The third kappa shape index (κ3) is 1.49. The molecule has 0 aliphatic heterocycles. The number of nitrogens with zero attached hydrogens (tertiary/aromatic N) is 4. The van der Waals surface area contributed by atoms with Crippen LogP contribution in [-0.2, 0) is 0 Å². The Hall–Kier alpha value is -1.78. The Balaban J connectivity index is 1.91. The summed E-state index contributed by atoms with van der Waals surface area (Å²) in [6.45, 7) is 2.18. The second-order valence-electron chi connectivity index (χ2n) is 3.87. The predicted octanol–water partition coefficient (Wildman–Crippen LogP) is 1.65. The summed E-state index contributed by atoms with van der Waals surface area (Å²) in [6.07, 6.45) is 6.01. The quantitative estimate of drug-likeness (QED) is 0.740. The van der Waals surface area contributed by atoms with E-state index in [2.05, 4.69) is 27.0 Å². The minimum Gasteiger partial charge on any atom is -0.339 e. The first-order chi connectivity index (χ1) is 7.34. The van der Waals surface area contributed by atoms with E-state index in [4.69, 9.17) is 4.52 Å². The van der Waals surface area contributed by atoms with Crippen LogP contribution < -0.4 is 0 Å². The van der Waals surface area contributed by atoms with Crippen LogP contribution in [0.1, 0.15) is 25.2 Å². The predicted molar refractivity (Wildman–Crippen MR) is 51.8 cm³/mol. The molecule has 1 aliphatic carbocycles. The van der Waals surface area contributed by atoms with Gasteiger partial charge in [-0.1, -0.05) is 12.1 Å². The van der Waals surface area contributed by atoms with Gasteiger partial charge in [-0.2, -0.15) is 4.98 Å². The standard InChI is InChI=1S/C10H10N4O/c1-6-4-7(6)10-13-9(14-15-10)8-5-11-2-3-12-8/h2-3,5-7H,4H2,1H3. The lowest BCUT2D eigenvalue weighted by Gasteiger charge is -1.88. The van der Waals surface area contributed by atoms with E-state index in [0.29, 0.717) is 23.4 Å². The van der Waals surface area contributed by atoms with Crippen LogP contribution in [0.15, 0.2) is 23.1 Å². The lowest BCUT2D eigenvalue weighted by Crippen LogP contribution is -1.87. The van der Waals surface area contributed by atoms with Crippen molar-refractivity contribution in [2.75, 3.05) is 0 Å². The fraction of sp³-hybridized carbons (Fsp3) is 0.400. The molecule has 3 rings (SSSR count). The SMILES string of the molecule is CC1CC1c1nc(-c2cnccn2)no1. The van der Waals surface area contributed by atoms with Crippen molar-refractivity contribution >= 4 is 0 Å². The second-order valence-corrected chi connectivity index (χ2v) is 3.87. The van der Waals surface area contributed by atoms with Gasteiger partial charge < -0.3 is 4.52 Å². The van der Waals surface area contributed by atoms with Crippen LogP contribution in [0.2, 0.25) is 0 Å². The topological polar surface area (TPSA) is 64.7 Å². The summed E-state index contributed by atoms with van der Waals surface area (Å²) in [5.41, 5.74) is 0.654. The van der Waals surface area contributed by atoms with Gasteiger partial charge in [0.15, 0.2) is 0 Å². The van der Waals surface area contributed by atoms with Crippen molar-refractivity contribution in [2.24, 2.45) is 5.92 Å². The fourth-order valence-corrected chi connectivity index (χ4v) is 1.57. The molecule has 0 aromatic carbocycles. The molecule has 2 atom stereocenters. The molecule has 0 bridgehead atoms. The van der Waals surface area contributed by atoms with E-state index < -0.39 is 0 Å². The molecule has 2 heterocycles. The molecule has 5 heteroatoms. The molecular formula is C10H10N4O. The van der Waals surface area contributed by atoms with Gasteiger partial charge in [0.25, 0.3) is 0 Å². The largest absolute Gasteiger partial charge is 0.339 e. The monoisotopic (exact) mass is 202 g/mol. The Labute approximate surface area is 86.6 Å². The van der Waals surface area contributed by atoms with Gasteiger partial charge in [-0.15, -0.1) is 0 Å². The Morgan fingerprint density at radius 2 is 2.27 bits per heavy atom. The van der Waals surface area contributed by atoms with Gasteiger partial charge in [0.1, 0.15) is 5.69 Å². The summed E-state index contributed by atoms with van der Waals surface area (Å²) in [6, 6.07) is 0. The average Bonchev–Trinajstić information content (AvgIpc) is 2.83. The summed E-state index contributed by atoms with van der Waals surface area (Å²) in [7, 11) is 0. The van der Waals surface area contributed by atoms with E-state index in [-0.39, 0.29) is 0 Å². The molecule has 2 unspecified atom stereocenters. The van der Waals surface area contributed by atoms with Gasteiger partial charge in [-0.05, 0) is 12.3 Å². The molecular weight excluding hydrogens is 192 g/mol. The number of hydrogen-bond donors (Lipinski definition) is 0. The summed E-state index contributed by atoms with van der Waals surface area (Å²) < 4.78 is 5.18. The van der Waals surface area contributed by atoms with Crippen LogP contribution in [0.5, 0.6) is 0 Å². The van der Waals surface area contributed by atoms with E-state index >= 15 is 0 Å². The first-order valence-corrected chi connectivity index (χ1v) is 4.94. The Morgan fingerprint density at radius 1 is 1.40 bits per heavy atom. The molecule has 2 aromatic heterocycles. The van der Waals surface area contributed by atoms with Gasteiger partial charge in [-0.25, -0.2) is 4.98 Å². The third-order valence-electron chi connectivity index (χ3n) is 2.66. The van der Waals surface area contributed by atoms with Crippen LogP contribution in [0.4, 0.5) is 0 Å². The molecule has 0 saturated heterocycles. The second kappa shape index (κ2) is 3.12. The Kier molecular flexibility index (Phi) is 1.77. The maximum absolute atomic E-state index is 5.18. The van der Waals surface area contributed by atoms with Crippen molar-refractivity contribution in [1.29, 1.82) is 0 Å². The highest BCUT2D eigenvalue weighted by molar-refractivity contribution is 5.45. The smallest absolute Gasteiger partial charge is 0.230 e. The molecule has 1 fully saturated rings. The molecule has 0 N–H and O–H groups in total. The highest BCUT2D eigenvalue weighted by atomic mass is 16.5. The third-order valence-corrected chi connectivity index (χ3v) is 2.66. The van der Waals surface area contributed by atoms with E-state index in [1.165, 1.54) is 0 Å². The maximum Gasteiger partial charge on any atom is 0.230 e. The molecule has 0 amide bonds. The Morgan fingerprint density at radius 3 is 2.93 bits per heavy atom. The van der Waals surface area contributed by atoms with Crippen molar-refractivity contribution in [2.45, 2.75) is 19.3 Å². The molecule has 1 aliphatic rings. The van der Waals surface area contributed by atoms with Crippen molar-refractivity contribution < 1.29 is 4.52 Å². The van der Waals surface area contributed by atoms with Gasteiger partial charge in [-0.3, -0.25) is 4.98 Å². The summed E-state index contributed by atoms with van der Waals surface area (Å²) >= 11 is 0. The van der Waals surface area contributed by atoms with Gasteiger partial charge in [0.2, 0.25) is 11.7 Å². The fourth-order valence-electron chi connectivity index (χ4n) is 1.57. The van der Waals surface area contributed by atoms with E-state index in [1.807, 2.05) is 0 Å². The molecule has 0 radical (unpaired) electrons. The first-order valence-electron chi connectivity index (χ1n) is 4.94. The zero-order valence-electron chi connectivity index (χ0n) is 8.29. The number of aromatic nitrogens is 4. The van der Waals surface area contributed by atoms with Gasteiger partial charge in [0, 0.05) is 18.3 Å². The van der Waals surface area contributed by atoms with E-state index in [1.54, 1.807) is 18.6 Å². The minimum absolute atomic E-state index is 0.447. The van der Waals surface area contributed by atoms with E-state index in [9.17, 15) is 0 Å². The van der Waals surface area contributed by atoms with Crippen molar-refractivity contribution in [3.63, 3.8) is 0 Å². The van der Waals surface area contributed by atoms with Gasteiger partial charge >= 0.3 is 0 Å². The molecule has 5 nitrogen and oxygen atoms in total. The summed E-state index contributed by atoms with van der Waals surface area (Å²) in [5, 5.41) is 3.89. The molecule has 76 valence electrons. The Bertz CT molecular complexity index is 467. The van der Waals surface area contributed by atoms with E-state index in [0.717, 1.165) is 12.3 Å². The van der Waals surface area contributed by atoms with Crippen LogP contribution in [0.25, 0.3) is 11.5 Å². The first kappa shape index (κ1) is 8.52. The molecule has 15 heavy (non-hydrogen) atoms. The minimum atomic E-state index is 0.447. The van der Waals surface area contributed by atoms with Crippen molar-refractivity contribution in [1.82, 2.24) is 20.1 Å². The normalized spacial score (nSPS) is 24.1. The number of hydrogen-bond acceptors (Lipinski definition) is 5. The summed E-state index contributed by atoms with van der Waals surface area (Å²) in [5.74, 6) is 2.36. The number of rotatable bonds is 2. The zero-order valence-corrected chi connectivity index (χ0v) is 8.29. The highest BCUT2D eigenvalue weighted by Gasteiger charge is 2.39. The summed E-state index contributed by atoms with van der Waals surface area (Å²) in [4.78, 5) is 12.4. The van der Waals surface area contributed by atoms with Crippen LogP contribution in [-0.4, -0.2) is 20.1 Å². The van der Waals surface area contributed by atoms with Crippen LogP contribution >= 0.6 is 0 Å². The highest BCUT2D eigenvalue weighted by Crippen LogP contribution is 2.46. The maximum atomic E-state index is 5.18. The van der Waals surface area contributed by atoms with Crippen LogP contribution in [0.3, 0.4) is 0 Å². The molecule has 1 saturated carbocycles. The van der Waals surface area contributed by atoms with Crippen molar-refractivity contribution in [3.8, 4) is 11.5 Å². The average molecular weight is 202 g/mol. The molecule has 0 spiro atoms. The molecule has 2 aromatic rings. The van der Waals surface area contributed by atoms with Crippen molar-refractivity contribution in [3.05, 3.63) is 24.5 Å². The lowest BCUT2D eigenvalue weighted by molar-refractivity contribution is 0.376. The lowest BCUT2D eigenvalue weighted by atomic mass is 10.3.